The fourth-order valence-corrected chi connectivity index (χ4v) is 4.98. The van der Waals surface area contributed by atoms with Gasteiger partial charge in [0.25, 0.3) is 5.91 Å². The second-order valence-corrected chi connectivity index (χ2v) is 7.83. The summed E-state index contributed by atoms with van der Waals surface area (Å²) in [5.41, 5.74) is 0.837. The smallest absolute Gasteiger partial charge is 0.261 e. The van der Waals surface area contributed by atoms with Crippen LogP contribution in [-0.2, 0) is 9.59 Å². The monoisotopic (exact) mass is 364 g/mol. The van der Waals surface area contributed by atoms with Crippen molar-refractivity contribution in [3.8, 4) is 0 Å². The normalized spacial score (nSPS) is 25.5. The molecule has 0 radical (unpaired) electrons. The first-order valence-electron chi connectivity index (χ1n) is 8.24. The van der Waals surface area contributed by atoms with Gasteiger partial charge in [-0.05, 0) is 30.5 Å². The van der Waals surface area contributed by atoms with Crippen molar-refractivity contribution in [3.63, 3.8) is 0 Å². The minimum absolute atomic E-state index is 0.0633. The van der Waals surface area contributed by atoms with E-state index in [0.717, 1.165) is 24.8 Å². The molecule has 128 valence electrons. The number of amides is 2. The highest BCUT2D eigenvalue weighted by atomic mass is 35.5. The molecule has 1 N–H and O–H groups in total. The van der Waals surface area contributed by atoms with Gasteiger partial charge in [-0.25, -0.2) is 0 Å². The van der Waals surface area contributed by atoms with Crippen LogP contribution in [0.15, 0.2) is 29.2 Å². The van der Waals surface area contributed by atoms with Crippen LogP contribution in [0.5, 0.6) is 0 Å². The highest BCUT2D eigenvalue weighted by molar-refractivity contribution is 8.04. The van der Waals surface area contributed by atoms with E-state index in [4.69, 9.17) is 11.6 Å². The Morgan fingerprint density at radius 1 is 1.38 bits per heavy atom. The minimum atomic E-state index is -0.128. The van der Waals surface area contributed by atoms with Crippen molar-refractivity contribution < 1.29 is 9.59 Å². The summed E-state index contributed by atoms with van der Waals surface area (Å²) in [5.74, 6) is -0.191. The fourth-order valence-electron chi connectivity index (χ4n) is 3.33. The molecule has 1 heterocycles. The molecular weight excluding hydrogens is 344 g/mol. The highest BCUT2D eigenvalue weighted by Crippen LogP contribution is 2.42. The zero-order valence-corrected chi connectivity index (χ0v) is 15.2. The van der Waals surface area contributed by atoms with Gasteiger partial charge in [-0.15, -0.1) is 11.8 Å². The molecule has 0 aromatic heterocycles. The first-order valence-corrected chi connectivity index (χ1v) is 9.50. The molecule has 0 bridgehead atoms. The summed E-state index contributed by atoms with van der Waals surface area (Å²) >= 11 is 7.87. The first kappa shape index (κ1) is 17.4. The summed E-state index contributed by atoms with van der Waals surface area (Å²) in [4.78, 5) is 27.3. The predicted molar refractivity (Wildman–Crippen MR) is 98.8 cm³/mol. The Hall–Kier alpha value is -1.46. The Labute approximate surface area is 151 Å². The van der Waals surface area contributed by atoms with Crippen molar-refractivity contribution >= 4 is 41.3 Å². The lowest BCUT2D eigenvalue weighted by atomic mass is 9.93. The Balaban J connectivity index is 1.91. The number of thioether (sulfide) groups is 1. The van der Waals surface area contributed by atoms with Crippen LogP contribution in [0.2, 0.25) is 5.02 Å². The van der Waals surface area contributed by atoms with Crippen LogP contribution in [0.25, 0.3) is 6.08 Å². The number of halogens is 1. The van der Waals surface area contributed by atoms with Crippen molar-refractivity contribution in [3.05, 3.63) is 39.8 Å². The first-order chi connectivity index (χ1) is 11.6. The average Bonchev–Trinajstić information content (AvgIpc) is 2.60. The third-order valence-electron chi connectivity index (χ3n) is 4.60. The number of benzene rings is 1. The van der Waals surface area contributed by atoms with Gasteiger partial charge in [0.1, 0.15) is 6.54 Å². The van der Waals surface area contributed by atoms with Gasteiger partial charge in [-0.2, -0.15) is 0 Å². The number of rotatable bonds is 3. The second kappa shape index (κ2) is 7.62. The van der Waals surface area contributed by atoms with Crippen molar-refractivity contribution in [2.75, 3.05) is 13.6 Å². The number of carbonyl (C=O) groups is 2. The SMILES string of the molecule is CNC(=O)CN1C(=O)/C(=C\c2ccccc2Cl)SC2CCCCC21. The van der Waals surface area contributed by atoms with E-state index in [1.807, 2.05) is 30.3 Å². The summed E-state index contributed by atoms with van der Waals surface area (Å²) < 4.78 is 0. The van der Waals surface area contributed by atoms with E-state index in [1.165, 1.54) is 6.42 Å². The molecule has 6 heteroatoms. The quantitative estimate of drug-likeness (QED) is 0.837. The Morgan fingerprint density at radius 2 is 2.12 bits per heavy atom. The van der Waals surface area contributed by atoms with Crippen LogP contribution in [-0.4, -0.2) is 41.6 Å². The molecule has 2 aliphatic rings. The molecule has 3 rings (SSSR count). The molecule has 1 saturated heterocycles. The molecule has 1 aromatic carbocycles. The molecule has 2 fully saturated rings. The van der Waals surface area contributed by atoms with Crippen molar-refractivity contribution in [1.29, 1.82) is 0 Å². The maximum atomic E-state index is 13.0. The zero-order valence-electron chi connectivity index (χ0n) is 13.6. The molecule has 2 atom stereocenters. The van der Waals surface area contributed by atoms with Gasteiger partial charge in [0.15, 0.2) is 0 Å². The number of hydrogen-bond donors (Lipinski definition) is 1. The largest absolute Gasteiger partial charge is 0.358 e. The summed E-state index contributed by atoms with van der Waals surface area (Å²) in [5, 5.41) is 3.60. The van der Waals surface area contributed by atoms with Crippen molar-refractivity contribution in [2.24, 2.45) is 0 Å². The van der Waals surface area contributed by atoms with Crippen LogP contribution in [0, 0.1) is 0 Å². The van der Waals surface area contributed by atoms with Gasteiger partial charge < -0.3 is 10.2 Å². The third-order valence-corrected chi connectivity index (χ3v) is 6.35. The molecule has 1 aromatic rings. The maximum Gasteiger partial charge on any atom is 0.261 e. The molecule has 4 nitrogen and oxygen atoms in total. The number of carbonyl (C=O) groups excluding carboxylic acids is 2. The van der Waals surface area contributed by atoms with Crippen LogP contribution in [0.4, 0.5) is 0 Å². The van der Waals surface area contributed by atoms with Gasteiger partial charge in [0.05, 0.1) is 4.91 Å². The topological polar surface area (TPSA) is 49.4 Å². The molecule has 24 heavy (non-hydrogen) atoms. The zero-order chi connectivity index (χ0) is 17.1. The van der Waals surface area contributed by atoms with Gasteiger partial charge in [-0.3, -0.25) is 9.59 Å². The Kier molecular flexibility index (Phi) is 5.51. The Bertz CT molecular complexity index is 677. The molecule has 1 aliphatic heterocycles. The molecule has 1 saturated carbocycles. The second-order valence-electron chi connectivity index (χ2n) is 6.14. The molecule has 2 amide bonds. The fraction of sp³-hybridized carbons (Fsp3) is 0.444. The highest BCUT2D eigenvalue weighted by Gasteiger charge is 2.41. The summed E-state index contributed by atoms with van der Waals surface area (Å²) in [6.45, 7) is 0.122. The van der Waals surface area contributed by atoms with Crippen LogP contribution < -0.4 is 5.32 Å². The van der Waals surface area contributed by atoms with Gasteiger partial charge in [0.2, 0.25) is 5.91 Å². The van der Waals surface area contributed by atoms with Gasteiger partial charge >= 0.3 is 0 Å². The average molecular weight is 365 g/mol. The standard InChI is InChI=1S/C18H21ClN2O2S/c1-20-17(22)11-21-14-8-4-5-9-15(14)24-16(18(21)23)10-12-6-2-3-7-13(12)19/h2-3,6-7,10,14-15H,4-5,8-9,11H2,1H3,(H,20,22)/b16-10+. The lowest BCUT2D eigenvalue weighted by Crippen LogP contribution is -2.54. The van der Waals surface area contributed by atoms with E-state index in [-0.39, 0.29) is 24.4 Å². The molecular formula is C18H21ClN2O2S. The van der Waals surface area contributed by atoms with E-state index in [0.29, 0.717) is 15.2 Å². The van der Waals surface area contributed by atoms with E-state index < -0.39 is 0 Å². The van der Waals surface area contributed by atoms with Crippen LogP contribution in [0.3, 0.4) is 0 Å². The lowest BCUT2D eigenvalue weighted by Gasteiger charge is -2.43. The molecule has 2 unspecified atom stereocenters. The van der Waals surface area contributed by atoms with E-state index in [2.05, 4.69) is 5.32 Å². The van der Waals surface area contributed by atoms with Gasteiger partial charge in [-0.1, -0.05) is 42.6 Å². The van der Waals surface area contributed by atoms with Gasteiger partial charge in [0, 0.05) is 23.4 Å². The number of nitrogens with zero attached hydrogens (tertiary/aromatic N) is 1. The van der Waals surface area contributed by atoms with E-state index in [9.17, 15) is 9.59 Å². The third kappa shape index (κ3) is 3.62. The molecule has 1 aliphatic carbocycles. The minimum Gasteiger partial charge on any atom is -0.358 e. The summed E-state index contributed by atoms with van der Waals surface area (Å²) in [6, 6.07) is 7.64. The summed E-state index contributed by atoms with van der Waals surface area (Å²) in [6.07, 6.45) is 6.20. The number of nitrogens with one attached hydrogen (secondary N) is 1. The van der Waals surface area contributed by atoms with Crippen LogP contribution in [0.1, 0.15) is 31.2 Å². The van der Waals surface area contributed by atoms with E-state index in [1.54, 1.807) is 23.7 Å². The van der Waals surface area contributed by atoms with Crippen LogP contribution >= 0.6 is 23.4 Å². The number of hydrogen-bond acceptors (Lipinski definition) is 3. The lowest BCUT2D eigenvalue weighted by molar-refractivity contribution is -0.135. The number of likely N-dealkylation sites (N-methyl/N-ethyl adjacent to an activating group) is 1. The molecule has 0 spiro atoms. The van der Waals surface area contributed by atoms with E-state index >= 15 is 0 Å². The predicted octanol–water partition coefficient (Wildman–Crippen LogP) is 3.31. The van der Waals surface area contributed by atoms with Crippen molar-refractivity contribution in [2.45, 2.75) is 37.0 Å². The maximum absolute atomic E-state index is 13.0. The van der Waals surface area contributed by atoms with Crippen molar-refractivity contribution in [1.82, 2.24) is 10.2 Å². The summed E-state index contributed by atoms with van der Waals surface area (Å²) in [7, 11) is 1.60. The Morgan fingerprint density at radius 3 is 2.88 bits per heavy atom. The number of fused-ring (bicyclic) bond motifs is 1.